The second-order valence-corrected chi connectivity index (χ2v) is 2.62. The van der Waals surface area contributed by atoms with E-state index in [-0.39, 0.29) is 12.8 Å². The van der Waals surface area contributed by atoms with E-state index in [0.29, 0.717) is 12.8 Å². The Balaban J connectivity index is 3.25. The molecular formula is C7H14O5. The zero-order valence-electron chi connectivity index (χ0n) is 6.68. The number of aliphatic carboxylic acids is 1. The molecule has 0 rings (SSSR count). The summed E-state index contributed by atoms with van der Waals surface area (Å²) in [6, 6.07) is 0. The molecule has 12 heavy (non-hydrogen) atoms. The van der Waals surface area contributed by atoms with Gasteiger partial charge in [0.15, 0.2) is 12.4 Å². The summed E-state index contributed by atoms with van der Waals surface area (Å²) in [7, 11) is 0. The fourth-order valence-corrected chi connectivity index (χ4v) is 0.788. The van der Waals surface area contributed by atoms with E-state index in [1.165, 1.54) is 0 Å². The van der Waals surface area contributed by atoms with Crippen molar-refractivity contribution in [3.8, 4) is 0 Å². The van der Waals surface area contributed by atoms with Crippen LogP contribution in [0.5, 0.6) is 0 Å². The van der Waals surface area contributed by atoms with Gasteiger partial charge in [-0.05, 0) is 19.3 Å². The standard InChI is InChI=1S/C7H14O5/c8-5(7(11)12)3-1-2-4-6(9)10/h5-6,8-10H,1-4H2,(H,11,12). The number of hydrogen-bond donors (Lipinski definition) is 4. The lowest BCUT2D eigenvalue weighted by atomic mass is 10.1. The Hall–Kier alpha value is -0.650. The minimum atomic E-state index is -1.34. The fourth-order valence-electron chi connectivity index (χ4n) is 0.788. The molecule has 0 heterocycles. The molecule has 0 radical (unpaired) electrons. The highest BCUT2D eigenvalue weighted by atomic mass is 16.5. The first-order valence-electron chi connectivity index (χ1n) is 3.81. The molecule has 5 heteroatoms. The lowest BCUT2D eigenvalue weighted by molar-refractivity contribution is -0.147. The average Bonchev–Trinajstić information content (AvgIpc) is 1.97. The van der Waals surface area contributed by atoms with Crippen LogP contribution in [-0.4, -0.2) is 38.8 Å². The number of carboxylic acids is 1. The molecule has 0 spiro atoms. The lowest BCUT2D eigenvalue weighted by Crippen LogP contribution is -2.19. The Kier molecular flexibility index (Phi) is 5.61. The quantitative estimate of drug-likeness (QED) is 0.318. The monoisotopic (exact) mass is 178 g/mol. The molecule has 1 unspecified atom stereocenters. The molecule has 0 amide bonds. The minimum Gasteiger partial charge on any atom is -0.479 e. The van der Waals surface area contributed by atoms with Gasteiger partial charge in [-0.25, -0.2) is 4.79 Å². The highest BCUT2D eigenvalue weighted by Gasteiger charge is 2.11. The Labute approximate surface area is 70.3 Å². The van der Waals surface area contributed by atoms with E-state index < -0.39 is 18.4 Å². The number of aliphatic hydroxyl groups excluding tert-OH is 2. The van der Waals surface area contributed by atoms with Crippen molar-refractivity contribution < 1.29 is 25.2 Å². The van der Waals surface area contributed by atoms with Gasteiger partial charge >= 0.3 is 5.97 Å². The van der Waals surface area contributed by atoms with Crippen molar-refractivity contribution in [3.05, 3.63) is 0 Å². The molecular weight excluding hydrogens is 164 g/mol. The van der Waals surface area contributed by atoms with Crippen LogP contribution in [0.3, 0.4) is 0 Å². The number of carboxylic acid groups (broad SMARTS) is 1. The zero-order chi connectivity index (χ0) is 9.56. The van der Waals surface area contributed by atoms with Gasteiger partial charge in [0.25, 0.3) is 0 Å². The van der Waals surface area contributed by atoms with Crippen LogP contribution < -0.4 is 0 Å². The highest BCUT2D eigenvalue weighted by molar-refractivity contribution is 5.71. The summed E-state index contributed by atoms with van der Waals surface area (Å²) in [5.41, 5.74) is 0. The van der Waals surface area contributed by atoms with Crippen molar-refractivity contribution in [2.75, 3.05) is 0 Å². The van der Waals surface area contributed by atoms with E-state index in [9.17, 15) is 4.79 Å². The predicted octanol–water partition coefficient (Wildman–Crippen LogP) is -0.697. The van der Waals surface area contributed by atoms with Gasteiger partial charge in [0.2, 0.25) is 0 Å². The van der Waals surface area contributed by atoms with E-state index in [4.69, 9.17) is 20.4 Å². The van der Waals surface area contributed by atoms with E-state index in [1.807, 2.05) is 0 Å². The summed E-state index contributed by atoms with van der Waals surface area (Å²) in [6.45, 7) is 0. The molecule has 1 atom stereocenters. The smallest absolute Gasteiger partial charge is 0.332 e. The molecule has 0 aromatic rings. The third-order valence-corrected chi connectivity index (χ3v) is 1.47. The van der Waals surface area contributed by atoms with Crippen molar-refractivity contribution in [3.63, 3.8) is 0 Å². The summed E-state index contributed by atoms with van der Waals surface area (Å²) in [5, 5.41) is 33.8. The maximum Gasteiger partial charge on any atom is 0.332 e. The van der Waals surface area contributed by atoms with Gasteiger partial charge in [-0.2, -0.15) is 0 Å². The molecule has 4 N–H and O–H groups in total. The number of rotatable bonds is 6. The van der Waals surface area contributed by atoms with Gasteiger partial charge in [-0.15, -0.1) is 0 Å². The third-order valence-electron chi connectivity index (χ3n) is 1.47. The number of hydrogen-bond acceptors (Lipinski definition) is 4. The molecule has 0 bridgehead atoms. The normalized spacial score (nSPS) is 13.3. The van der Waals surface area contributed by atoms with Gasteiger partial charge in [0.1, 0.15) is 0 Å². The summed E-state index contributed by atoms with van der Waals surface area (Å²) >= 11 is 0. The maximum absolute atomic E-state index is 10.1. The van der Waals surface area contributed by atoms with Crippen LogP contribution >= 0.6 is 0 Å². The Morgan fingerprint density at radius 1 is 1.08 bits per heavy atom. The molecule has 0 aliphatic heterocycles. The highest BCUT2D eigenvalue weighted by Crippen LogP contribution is 2.05. The molecule has 5 nitrogen and oxygen atoms in total. The topological polar surface area (TPSA) is 98.0 Å². The Morgan fingerprint density at radius 3 is 2.00 bits per heavy atom. The minimum absolute atomic E-state index is 0.155. The van der Waals surface area contributed by atoms with Crippen molar-refractivity contribution >= 4 is 5.97 Å². The third kappa shape index (κ3) is 6.09. The average molecular weight is 178 g/mol. The molecule has 0 saturated heterocycles. The van der Waals surface area contributed by atoms with Crippen molar-refractivity contribution in [1.29, 1.82) is 0 Å². The largest absolute Gasteiger partial charge is 0.479 e. The number of unbranched alkanes of at least 4 members (excludes halogenated alkanes) is 1. The Morgan fingerprint density at radius 2 is 1.58 bits per heavy atom. The molecule has 0 aliphatic rings. The van der Waals surface area contributed by atoms with Gasteiger partial charge in [0, 0.05) is 0 Å². The van der Waals surface area contributed by atoms with Gasteiger partial charge in [-0.1, -0.05) is 6.42 Å². The molecule has 0 aliphatic carbocycles. The number of aliphatic hydroxyl groups is 3. The molecule has 0 fully saturated rings. The van der Waals surface area contributed by atoms with Crippen LogP contribution in [0.15, 0.2) is 0 Å². The first kappa shape index (κ1) is 11.4. The molecule has 0 aromatic heterocycles. The fraction of sp³-hybridized carbons (Fsp3) is 0.857. The summed E-state index contributed by atoms with van der Waals surface area (Å²) in [4.78, 5) is 10.1. The lowest BCUT2D eigenvalue weighted by Gasteiger charge is -2.05. The number of carbonyl (C=O) groups is 1. The maximum atomic E-state index is 10.1. The predicted molar refractivity (Wildman–Crippen MR) is 40.3 cm³/mol. The first-order valence-corrected chi connectivity index (χ1v) is 3.81. The van der Waals surface area contributed by atoms with Gasteiger partial charge < -0.3 is 20.4 Å². The van der Waals surface area contributed by atoms with Crippen molar-refractivity contribution in [1.82, 2.24) is 0 Å². The summed E-state index contributed by atoms with van der Waals surface area (Å²) < 4.78 is 0. The molecule has 72 valence electrons. The zero-order valence-corrected chi connectivity index (χ0v) is 6.68. The van der Waals surface area contributed by atoms with Crippen LogP contribution in [0.25, 0.3) is 0 Å². The van der Waals surface area contributed by atoms with Gasteiger partial charge in [-0.3, -0.25) is 0 Å². The SMILES string of the molecule is O=C(O)C(O)CCCCC(O)O. The second kappa shape index (κ2) is 5.93. The summed E-state index contributed by atoms with van der Waals surface area (Å²) in [5.74, 6) is -1.24. The molecule has 0 saturated carbocycles. The molecule has 0 aromatic carbocycles. The Bertz CT molecular complexity index is 134. The van der Waals surface area contributed by atoms with Crippen LogP contribution in [-0.2, 0) is 4.79 Å². The van der Waals surface area contributed by atoms with Crippen molar-refractivity contribution in [2.24, 2.45) is 0 Å². The van der Waals surface area contributed by atoms with Crippen LogP contribution in [0.2, 0.25) is 0 Å². The van der Waals surface area contributed by atoms with Crippen LogP contribution in [0, 0.1) is 0 Å². The van der Waals surface area contributed by atoms with Crippen LogP contribution in [0.4, 0.5) is 0 Å². The second-order valence-electron chi connectivity index (χ2n) is 2.62. The van der Waals surface area contributed by atoms with Crippen LogP contribution in [0.1, 0.15) is 25.7 Å². The van der Waals surface area contributed by atoms with Gasteiger partial charge in [0.05, 0.1) is 0 Å². The first-order chi connectivity index (χ1) is 5.54. The van der Waals surface area contributed by atoms with Crippen molar-refractivity contribution in [2.45, 2.75) is 38.1 Å². The van der Waals surface area contributed by atoms with E-state index >= 15 is 0 Å². The van der Waals surface area contributed by atoms with E-state index in [1.54, 1.807) is 0 Å². The summed E-state index contributed by atoms with van der Waals surface area (Å²) in [6.07, 6.45) is -1.32. The van der Waals surface area contributed by atoms with E-state index in [2.05, 4.69) is 0 Å². The van der Waals surface area contributed by atoms with E-state index in [0.717, 1.165) is 0 Å².